The molecular weight excluding hydrogens is 212 g/mol. The third-order valence-electron chi connectivity index (χ3n) is 3.40. The molecule has 1 aliphatic heterocycles. The Morgan fingerprint density at radius 1 is 0.941 bits per heavy atom. The highest BCUT2D eigenvalue weighted by atomic mass is 15.3. The first-order valence-corrected chi connectivity index (χ1v) is 7.22. The monoisotopic (exact) mass is 242 g/mol. The minimum atomic E-state index is 0.823. The Bertz CT molecular complexity index is 164. The van der Waals surface area contributed by atoms with E-state index in [1.54, 1.807) is 0 Å². The van der Waals surface area contributed by atoms with Gasteiger partial charge in [0.1, 0.15) is 0 Å². The first-order valence-electron chi connectivity index (χ1n) is 7.22. The van der Waals surface area contributed by atoms with Crippen LogP contribution in [0.2, 0.25) is 0 Å². The number of nitrogens with one attached hydrogen (secondary N) is 1. The van der Waals surface area contributed by atoms with Crippen LogP contribution >= 0.6 is 0 Å². The second-order valence-corrected chi connectivity index (χ2v) is 4.93. The van der Waals surface area contributed by atoms with Crippen LogP contribution < -0.4 is 11.1 Å². The number of nitrogens with zero attached hydrogens (tertiary/aromatic N) is 2. The average Bonchev–Trinajstić information content (AvgIpc) is 2.37. The lowest BCUT2D eigenvalue weighted by molar-refractivity contribution is 0.131. The van der Waals surface area contributed by atoms with Crippen LogP contribution in [0.15, 0.2) is 0 Å². The quantitative estimate of drug-likeness (QED) is 0.573. The summed E-state index contributed by atoms with van der Waals surface area (Å²) in [4.78, 5) is 5.13. The molecule has 1 heterocycles. The van der Waals surface area contributed by atoms with Crippen LogP contribution in [0.3, 0.4) is 0 Å². The summed E-state index contributed by atoms with van der Waals surface area (Å²) in [7, 11) is 0. The van der Waals surface area contributed by atoms with Crippen molar-refractivity contribution in [2.45, 2.75) is 26.2 Å². The Morgan fingerprint density at radius 3 is 2.06 bits per heavy atom. The lowest BCUT2D eigenvalue weighted by Gasteiger charge is -2.34. The Morgan fingerprint density at radius 2 is 1.53 bits per heavy atom. The largest absolute Gasteiger partial charge is 0.330 e. The zero-order chi connectivity index (χ0) is 12.3. The zero-order valence-corrected chi connectivity index (χ0v) is 11.5. The van der Waals surface area contributed by atoms with Gasteiger partial charge in [-0.1, -0.05) is 6.92 Å². The standard InChI is InChI=1S/C13H30N4/c1-2-6-15-7-4-9-17-12-10-16(11-13-17)8-3-5-14/h15H,2-14H2,1H3. The van der Waals surface area contributed by atoms with E-state index in [4.69, 9.17) is 5.73 Å². The van der Waals surface area contributed by atoms with Crippen LogP contribution in [0.5, 0.6) is 0 Å². The van der Waals surface area contributed by atoms with Crippen LogP contribution in [-0.2, 0) is 0 Å². The van der Waals surface area contributed by atoms with Crippen molar-refractivity contribution in [3.8, 4) is 0 Å². The van der Waals surface area contributed by atoms with Crippen molar-refractivity contribution in [1.29, 1.82) is 0 Å². The molecule has 0 saturated carbocycles. The topological polar surface area (TPSA) is 44.5 Å². The summed E-state index contributed by atoms with van der Waals surface area (Å²) in [6, 6.07) is 0. The van der Waals surface area contributed by atoms with E-state index >= 15 is 0 Å². The molecule has 102 valence electrons. The second-order valence-electron chi connectivity index (χ2n) is 4.93. The lowest BCUT2D eigenvalue weighted by Crippen LogP contribution is -2.47. The summed E-state index contributed by atoms with van der Waals surface area (Å²) in [6.45, 7) is 12.7. The molecule has 4 nitrogen and oxygen atoms in total. The van der Waals surface area contributed by atoms with Crippen LogP contribution in [0.4, 0.5) is 0 Å². The molecular formula is C13H30N4. The fourth-order valence-electron chi connectivity index (χ4n) is 2.28. The molecule has 0 aromatic heterocycles. The van der Waals surface area contributed by atoms with Gasteiger partial charge >= 0.3 is 0 Å². The molecule has 1 saturated heterocycles. The van der Waals surface area contributed by atoms with Gasteiger partial charge in [-0.3, -0.25) is 0 Å². The molecule has 0 radical (unpaired) electrons. The van der Waals surface area contributed by atoms with E-state index in [9.17, 15) is 0 Å². The minimum absolute atomic E-state index is 0.823. The van der Waals surface area contributed by atoms with Crippen molar-refractivity contribution < 1.29 is 0 Å². The predicted molar refractivity (Wildman–Crippen MR) is 74.3 cm³/mol. The van der Waals surface area contributed by atoms with Crippen molar-refractivity contribution in [1.82, 2.24) is 15.1 Å². The fourth-order valence-corrected chi connectivity index (χ4v) is 2.28. The molecule has 0 spiro atoms. The van der Waals surface area contributed by atoms with Gasteiger partial charge in [-0.05, 0) is 52.0 Å². The van der Waals surface area contributed by atoms with Gasteiger partial charge in [0, 0.05) is 26.2 Å². The molecule has 3 N–H and O–H groups in total. The molecule has 0 aromatic rings. The number of hydrogen-bond donors (Lipinski definition) is 2. The smallest absolute Gasteiger partial charge is 0.0110 e. The predicted octanol–water partition coefficient (Wildman–Crippen LogP) is 0.343. The maximum atomic E-state index is 5.53. The molecule has 1 aliphatic rings. The van der Waals surface area contributed by atoms with Gasteiger partial charge in [0.05, 0.1) is 0 Å². The van der Waals surface area contributed by atoms with Gasteiger partial charge < -0.3 is 20.9 Å². The maximum absolute atomic E-state index is 5.53. The van der Waals surface area contributed by atoms with Crippen molar-refractivity contribution in [2.24, 2.45) is 5.73 Å². The van der Waals surface area contributed by atoms with E-state index in [-0.39, 0.29) is 0 Å². The first-order chi connectivity index (χ1) is 8.36. The van der Waals surface area contributed by atoms with Gasteiger partial charge in [-0.2, -0.15) is 0 Å². The van der Waals surface area contributed by atoms with Gasteiger partial charge in [0.25, 0.3) is 0 Å². The Labute approximate surface area is 107 Å². The summed E-state index contributed by atoms with van der Waals surface area (Å²) in [5, 5.41) is 3.46. The first kappa shape index (κ1) is 14.9. The molecule has 17 heavy (non-hydrogen) atoms. The van der Waals surface area contributed by atoms with E-state index in [0.29, 0.717) is 0 Å². The van der Waals surface area contributed by atoms with Gasteiger partial charge in [0.2, 0.25) is 0 Å². The normalized spacial score (nSPS) is 18.7. The molecule has 4 heteroatoms. The third-order valence-corrected chi connectivity index (χ3v) is 3.40. The highest BCUT2D eigenvalue weighted by Crippen LogP contribution is 2.02. The van der Waals surface area contributed by atoms with E-state index in [0.717, 1.165) is 19.5 Å². The van der Waals surface area contributed by atoms with Crippen molar-refractivity contribution >= 4 is 0 Å². The van der Waals surface area contributed by atoms with Crippen molar-refractivity contribution in [2.75, 3.05) is 58.9 Å². The molecule has 0 bridgehead atoms. The molecule has 0 amide bonds. The Balaban J connectivity index is 1.95. The number of rotatable bonds is 9. The minimum Gasteiger partial charge on any atom is -0.330 e. The van der Waals surface area contributed by atoms with Crippen LogP contribution in [0, 0.1) is 0 Å². The fraction of sp³-hybridized carbons (Fsp3) is 1.00. The highest BCUT2D eigenvalue weighted by molar-refractivity contribution is 4.72. The molecule has 1 rings (SSSR count). The summed E-state index contributed by atoms with van der Waals surface area (Å²) in [5.74, 6) is 0. The van der Waals surface area contributed by atoms with Crippen molar-refractivity contribution in [3.63, 3.8) is 0 Å². The lowest BCUT2D eigenvalue weighted by atomic mass is 10.2. The van der Waals surface area contributed by atoms with E-state index in [1.165, 1.54) is 58.7 Å². The summed E-state index contributed by atoms with van der Waals surface area (Å²) < 4.78 is 0. The second kappa shape index (κ2) is 9.83. The SMILES string of the molecule is CCCNCCCN1CCN(CCCN)CC1. The Kier molecular flexibility index (Phi) is 8.61. The third kappa shape index (κ3) is 6.99. The number of piperazine rings is 1. The molecule has 0 unspecified atom stereocenters. The van der Waals surface area contributed by atoms with E-state index in [2.05, 4.69) is 22.0 Å². The van der Waals surface area contributed by atoms with Crippen LogP contribution in [0.1, 0.15) is 26.2 Å². The number of hydrogen-bond acceptors (Lipinski definition) is 4. The van der Waals surface area contributed by atoms with Crippen LogP contribution in [-0.4, -0.2) is 68.7 Å². The van der Waals surface area contributed by atoms with Crippen molar-refractivity contribution in [3.05, 3.63) is 0 Å². The van der Waals surface area contributed by atoms with Gasteiger partial charge in [-0.25, -0.2) is 0 Å². The van der Waals surface area contributed by atoms with Crippen LogP contribution in [0.25, 0.3) is 0 Å². The van der Waals surface area contributed by atoms with E-state index < -0.39 is 0 Å². The molecule has 0 aromatic carbocycles. The molecule has 0 aliphatic carbocycles. The van der Waals surface area contributed by atoms with Gasteiger partial charge in [-0.15, -0.1) is 0 Å². The zero-order valence-electron chi connectivity index (χ0n) is 11.5. The highest BCUT2D eigenvalue weighted by Gasteiger charge is 2.15. The molecule has 1 fully saturated rings. The summed E-state index contributed by atoms with van der Waals surface area (Å²) in [6.07, 6.45) is 3.66. The Hall–Kier alpha value is -0.160. The van der Waals surface area contributed by atoms with E-state index in [1.807, 2.05) is 0 Å². The van der Waals surface area contributed by atoms with Gasteiger partial charge in [0.15, 0.2) is 0 Å². The maximum Gasteiger partial charge on any atom is 0.0110 e. The summed E-state index contributed by atoms with van der Waals surface area (Å²) >= 11 is 0. The molecule has 0 atom stereocenters. The average molecular weight is 242 g/mol. The number of nitrogens with two attached hydrogens (primary N) is 1. The summed E-state index contributed by atoms with van der Waals surface area (Å²) in [5.41, 5.74) is 5.53.